The van der Waals surface area contributed by atoms with Crippen LogP contribution in [-0.2, 0) is 0 Å². The van der Waals surface area contributed by atoms with E-state index >= 15 is 0 Å². The molecule has 0 saturated carbocycles. The first-order valence-corrected chi connectivity index (χ1v) is 4.34. The Morgan fingerprint density at radius 2 is 2.14 bits per heavy atom. The molecular weight excluding hydrogens is 180 g/mol. The van der Waals surface area contributed by atoms with Crippen LogP contribution in [0.1, 0.15) is 22.7 Å². The predicted molar refractivity (Wildman–Crippen MR) is 51.3 cm³/mol. The van der Waals surface area contributed by atoms with Crippen molar-refractivity contribution in [3.8, 4) is 0 Å². The summed E-state index contributed by atoms with van der Waals surface area (Å²) in [6, 6.07) is 1.80. The maximum atomic E-state index is 5.49. The normalized spacial score (nSPS) is 13.0. The molecule has 0 radical (unpaired) electrons. The molecule has 0 saturated heterocycles. The van der Waals surface area contributed by atoms with Crippen LogP contribution in [0.3, 0.4) is 0 Å². The number of rotatable bonds is 3. The van der Waals surface area contributed by atoms with Gasteiger partial charge in [0, 0.05) is 11.1 Å². The van der Waals surface area contributed by atoms with Crippen LogP contribution in [0.25, 0.3) is 0 Å². The lowest BCUT2D eigenvalue weighted by atomic mass is 10.0. The molecule has 0 aromatic carbocycles. The van der Waals surface area contributed by atoms with Crippen molar-refractivity contribution >= 4 is 0 Å². The van der Waals surface area contributed by atoms with Gasteiger partial charge in [0.05, 0.1) is 31.1 Å². The molecule has 3 N–H and O–H groups in total. The van der Waals surface area contributed by atoms with E-state index in [0.717, 1.165) is 16.7 Å². The molecule has 1 atom stereocenters. The molecule has 0 fully saturated rings. The minimum atomic E-state index is -0.0764. The number of nitrogens with one attached hydrogen (secondary N) is 1. The Morgan fingerprint density at radius 3 is 2.64 bits per heavy atom. The zero-order valence-electron chi connectivity index (χ0n) is 7.86. The van der Waals surface area contributed by atoms with Crippen molar-refractivity contribution in [2.24, 2.45) is 5.84 Å². The zero-order valence-corrected chi connectivity index (χ0v) is 7.86. The van der Waals surface area contributed by atoms with Crippen LogP contribution in [0, 0.1) is 6.92 Å². The Balaban J connectivity index is 2.36. The van der Waals surface area contributed by atoms with Gasteiger partial charge in [-0.1, -0.05) is 0 Å². The van der Waals surface area contributed by atoms with Gasteiger partial charge in [-0.25, -0.2) is 5.43 Å². The Labute approximate surface area is 81.7 Å². The molecule has 0 spiro atoms. The minimum absolute atomic E-state index is 0.0764. The van der Waals surface area contributed by atoms with E-state index in [0.29, 0.717) is 0 Å². The zero-order chi connectivity index (χ0) is 9.97. The molecule has 2 aromatic heterocycles. The highest BCUT2D eigenvalue weighted by Gasteiger charge is 2.16. The van der Waals surface area contributed by atoms with E-state index in [2.05, 4.69) is 5.43 Å². The summed E-state index contributed by atoms with van der Waals surface area (Å²) in [5, 5.41) is 0. The highest BCUT2D eigenvalue weighted by Crippen LogP contribution is 2.24. The lowest BCUT2D eigenvalue weighted by molar-refractivity contribution is 0.542. The highest BCUT2D eigenvalue weighted by molar-refractivity contribution is 5.31. The average molecular weight is 192 g/mol. The van der Waals surface area contributed by atoms with Gasteiger partial charge < -0.3 is 8.83 Å². The third-order valence-corrected chi connectivity index (χ3v) is 2.25. The van der Waals surface area contributed by atoms with Gasteiger partial charge in [0.15, 0.2) is 0 Å². The lowest BCUT2D eigenvalue weighted by Gasteiger charge is -2.12. The first kappa shape index (κ1) is 9.05. The van der Waals surface area contributed by atoms with Crippen molar-refractivity contribution in [2.45, 2.75) is 13.0 Å². The fraction of sp³-hybridized carbons (Fsp3) is 0.200. The van der Waals surface area contributed by atoms with Gasteiger partial charge in [-0.2, -0.15) is 0 Å². The van der Waals surface area contributed by atoms with Gasteiger partial charge in [0.2, 0.25) is 0 Å². The van der Waals surface area contributed by atoms with Crippen molar-refractivity contribution < 1.29 is 8.83 Å². The summed E-state index contributed by atoms with van der Waals surface area (Å²) in [5.74, 6) is 5.49. The predicted octanol–water partition coefficient (Wildman–Crippen LogP) is 1.73. The second-order valence-corrected chi connectivity index (χ2v) is 3.17. The van der Waals surface area contributed by atoms with Crippen LogP contribution in [0.4, 0.5) is 0 Å². The summed E-state index contributed by atoms with van der Waals surface area (Å²) >= 11 is 0. The van der Waals surface area contributed by atoms with Gasteiger partial charge >= 0.3 is 0 Å². The minimum Gasteiger partial charge on any atom is -0.472 e. The first-order chi connectivity index (χ1) is 6.83. The van der Waals surface area contributed by atoms with Crippen molar-refractivity contribution in [3.63, 3.8) is 0 Å². The second kappa shape index (κ2) is 3.69. The molecule has 2 rings (SSSR count). The van der Waals surface area contributed by atoms with Gasteiger partial charge in [0.25, 0.3) is 0 Å². The fourth-order valence-electron chi connectivity index (χ4n) is 1.47. The number of furan rings is 2. The summed E-state index contributed by atoms with van der Waals surface area (Å²) in [4.78, 5) is 0. The average Bonchev–Trinajstić information content (AvgIpc) is 2.80. The van der Waals surface area contributed by atoms with Gasteiger partial charge in [0.1, 0.15) is 0 Å². The summed E-state index contributed by atoms with van der Waals surface area (Å²) < 4.78 is 10.1. The third kappa shape index (κ3) is 1.45. The molecule has 0 aliphatic rings. The Bertz CT molecular complexity index is 392. The van der Waals surface area contributed by atoms with Crippen molar-refractivity contribution in [1.82, 2.24) is 5.43 Å². The summed E-state index contributed by atoms with van der Waals surface area (Å²) in [7, 11) is 0. The number of hydrogen-bond donors (Lipinski definition) is 2. The standard InChI is InChI=1S/C10H12N2O2/c1-7-4-14-6-9(7)10(12-11)8-2-3-13-5-8/h2-6,10,12H,11H2,1H3. The van der Waals surface area contributed by atoms with Gasteiger partial charge in [-0.3, -0.25) is 5.84 Å². The third-order valence-electron chi connectivity index (χ3n) is 2.25. The Hall–Kier alpha value is -1.52. The molecule has 4 heteroatoms. The number of hydrogen-bond acceptors (Lipinski definition) is 4. The van der Waals surface area contributed by atoms with E-state index in [1.54, 1.807) is 25.1 Å². The molecule has 2 aromatic rings. The van der Waals surface area contributed by atoms with Crippen LogP contribution >= 0.6 is 0 Å². The van der Waals surface area contributed by atoms with E-state index < -0.39 is 0 Å². The van der Waals surface area contributed by atoms with Gasteiger partial charge in [-0.15, -0.1) is 0 Å². The van der Waals surface area contributed by atoms with E-state index in [4.69, 9.17) is 14.7 Å². The summed E-state index contributed by atoms with van der Waals surface area (Å²) in [6.07, 6.45) is 6.67. The van der Waals surface area contributed by atoms with Crippen molar-refractivity contribution in [3.05, 3.63) is 47.8 Å². The molecule has 0 bridgehead atoms. The maximum absolute atomic E-state index is 5.49. The highest BCUT2D eigenvalue weighted by atomic mass is 16.3. The summed E-state index contributed by atoms with van der Waals surface area (Å²) in [5.41, 5.74) is 5.80. The molecule has 0 amide bonds. The molecule has 14 heavy (non-hydrogen) atoms. The molecule has 2 heterocycles. The van der Waals surface area contributed by atoms with Gasteiger partial charge in [-0.05, 0) is 18.6 Å². The first-order valence-electron chi connectivity index (χ1n) is 4.34. The van der Waals surface area contributed by atoms with E-state index in [9.17, 15) is 0 Å². The van der Waals surface area contributed by atoms with E-state index in [-0.39, 0.29) is 6.04 Å². The molecule has 4 nitrogen and oxygen atoms in total. The number of aryl methyl sites for hydroxylation is 1. The topological polar surface area (TPSA) is 64.3 Å². The molecule has 74 valence electrons. The van der Waals surface area contributed by atoms with E-state index in [1.807, 2.05) is 13.0 Å². The van der Waals surface area contributed by atoms with Crippen molar-refractivity contribution in [2.75, 3.05) is 0 Å². The quantitative estimate of drug-likeness (QED) is 0.574. The largest absolute Gasteiger partial charge is 0.472 e. The van der Waals surface area contributed by atoms with E-state index in [1.165, 1.54) is 0 Å². The maximum Gasteiger partial charge on any atom is 0.0957 e. The SMILES string of the molecule is Cc1cocc1C(NN)c1ccoc1. The molecule has 1 unspecified atom stereocenters. The Kier molecular flexibility index (Phi) is 2.39. The van der Waals surface area contributed by atoms with Crippen LogP contribution in [0.15, 0.2) is 40.0 Å². The number of hydrazine groups is 1. The smallest absolute Gasteiger partial charge is 0.0957 e. The van der Waals surface area contributed by atoms with Crippen LogP contribution in [0.2, 0.25) is 0 Å². The molecule has 0 aliphatic heterocycles. The lowest BCUT2D eigenvalue weighted by Crippen LogP contribution is -2.28. The molecular formula is C10H12N2O2. The van der Waals surface area contributed by atoms with Crippen molar-refractivity contribution in [1.29, 1.82) is 0 Å². The number of nitrogens with two attached hydrogens (primary N) is 1. The molecule has 0 aliphatic carbocycles. The Morgan fingerprint density at radius 1 is 1.29 bits per heavy atom. The fourth-order valence-corrected chi connectivity index (χ4v) is 1.47. The monoisotopic (exact) mass is 192 g/mol. The second-order valence-electron chi connectivity index (χ2n) is 3.17. The summed E-state index contributed by atoms with van der Waals surface area (Å²) in [6.45, 7) is 1.98. The van der Waals surface area contributed by atoms with Crippen LogP contribution < -0.4 is 11.3 Å². The van der Waals surface area contributed by atoms with Crippen LogP contribution in [-0.4, -0.2) is 0 Å². The van der Waals surface area contributed by atoms with Crippen LogP contribution in [0.5, 0.6) is 0 Å².